The highest BCUT2D eigenvalue weighted by molar-refractivity contribution is 5.81. The van der Waals surface area contributed by atoms with Gasteiger partial charge in [0.25, 0.3) is 0 Å². The smallest absolute Gasteiger partial charge is 0.248 e. The van der Waals surface area contributed by atoms with Gasteiger partial charge >= 0.3 is 0 Å². The summed E-state index contributed by atoms with van der Waals surface area (Å²) >= 11 is 0. The molecule has 1 aromatic heterocycles. The number of pyridine rings is 1. The Hall–Kier alpha value is -1.61. The van der Waals surface area contributed by atoms with Crippen molar-refractivity contribution in [1.29, 1.82) is 0 Å². The number of fused-ring (bicyclic) bond motifs is 1. The first kappa shape index (κ1) is 8.97. The molecule has 1 aromatic carbocycles. The lowest BCUT2D eigenvalue weighted by Crippen LogP contribution is -2.06. The van der Waals surface area contributed by atoms with Gasteiger partial charge in [0.1, 0.15) is 0 Å². The number of H-pyrrole nitrogens is 1. The van der Waals surface area contributed by atoms with E-state index in [1.807, 2.05) is 24.3 Å². The maximum Gasteiger partial charge on any atom is 0.248 e. The minimum Gasteiger partial charge on any atom is -0.330 e. The number of rotatable bonds is 2. The van der Waals surface area contributed by atoms with E-state index in [0.29, 0.717) is 6.54 Å². The highest BCUT2D eigenvalue weighted by atomic mass is 16.1. The normalized spacial score (nSPS) is 10.6. The molecule has 3 N–H and O–H groups in total. The molecule has 0 bridgehead atoms. The molecule has 0 atom stereocenters. The molecule has 0 fully saturated rings. The van der Waals surface area contributed by atoms with Gasteiger partial charge in [-0.3, -0.25) is 4.79 Å². The molecule has 2 aromatic rings. The average molecular weight is 188 g/mol. The Balaban J connectivity index is 2.68. The fourth-order valence-corrected chi connectivity index (χ4v) is 1.63. The summed E-state index contributed by atoms with van der Waals surface area (Å²) in [6, 6.07) is 9.26. The Morgan fingerprint density at radius 2 is 2.07 bits per heavy atom. The summed E-state index contributed by atoms with van der Waals surface area (Å²) in [6.07, 6.45) is 0.837. The summed E-state index contributed by atoms with van der Waals surface area (Å²) in [5, 5.41) is 1.08. The highest BCUT2D eigenvalue weighted by Crippen LogP contribution is 2.15. The van der Waals surface area contributed by atoms with Crippen molar-refractivity contribution >= 4 is 10.9 Å². The Morgan fingerprint density at radius 3 is 2.86 bits per heavy atom. The van der Waals surface area contributed by atoms with Gasteiger partial charge in [0.2, 0.25) is 5.56 Å². The lowest BCUT2D eigenvalue weighted by Gasteiger charge is -2.03. The van der Waals surface area contributed by atoms with Crippen LogP contribution in [-0.4, -0.2) is 11.5 Å². The first-order valence-electron chi connectivity index (χ1n) is 4.62. The van der Waals surface area contributed by atoms with Crippen molar-refractivity contribution in [2.24, 2.45) is 5.73 Å². The van der Waals surface area contributed by atoms with E-state index in [9.17, 15) is 4.79 Å². The van der Waals surface area contributed by atoms with Crippen LogP contribution in [-0.2, 0) is 6.42 Å². The Labute approximate surface area is 81.6 Å². The van der Waals surface area contributed by atoms with Crippen LogP contribution in [0.5, 0.6) is 0 Å². The second kappa shape index (κ2) is 3.64. The Morgan fingerprint density at radius 1 is 1.21 bits per heavy atom. The molecule has 2 rings (SSSR count). The van der Waals surface area contributed by atoms with Crippen molar-refractivity contribution in [2.75, 3.05) is 6.54 Å². The van der Waals surface area contributed by atoms with E-state index in [1.54, 1.807) is 6.07 Å². The van der Waals surface area contributed by atoms with Crippen LogP contribution in [0.2, 0.25) is 0 Å². The molecule has 3 nitrogen and oxygen atoms in total. The Kier molecular flexibility index (Phi) is 2.33. The SMILES string of the molecule is NCCc1cccc2[nH]c(=O)ccc12. The average Bonchev–Trinajstić information content (AvgIpc) is 2.18. The van der Waals surface area contributed by atoms with Gasteiger partial charge in [0.15, 0.2) is 0 Å². The monoisotopic (exact) mass is 188 g/mol. The molecule has 3 heteroatoms. The molecule has 0 aliphatic heterocycles. The van der Waals surface area contributed by atoms with Gasteiger partial charge in [-0.15, -0.1) is 0 Å². The zero-order valence-electron chi connectivity index (χ0n) is 7.79. The molecule has 14 heavy (non-hydrogen) atoms. The maximum absolute atomic E-state index is 11.1. The van der Waals surface area contributed by atoms with E-state index < -0.39 is 0 Å². The van der Waals surface area contributed by atoms with Gasteiger partial charge in [-0.25, -0.2) is 0 Å². The minimum atomic E-state index is -0.0672. The van der Waals surface area contributed by atoms with Gasteiger partial charge in [0, 0.05) is 17.0 Å². The van der Waals surface area contributed by atoms with Gasteiger partial charge in [-0.05, 0) is 30.7 Å². The van der Waals surface area contributed by atoms with Gasteiger partial charge in [0.05, 0.1) is 0 Å². The summed E-state index contributed by atoms with van der Waals surface area (Å²) in [4.78, 5) is 13.9. The van der Waals surface area contributed by atoms with Crippen molar-refractivity contribution in [1.82, 2.24) is 4.98 Å². The molecule has 1 heterocycles. The minimum absolute atomic E-state index is 0.0672. The first-order chi connectivity index (χ1) is 6.81. The predicted molar refractivity (Wildman–Crippen MR) is 57.3 cm³/mol. The van der Waals surface area contributed by atoms with E-state index in [0.717, 1.165) is 17.3 Å². The van der Waals surface area contributed by atoms with E-state index in [-0.39, 0.29) is 5.56 Å². The highest BCUT2D eigenvalue weighted by Gasteiger charge is 1.99. The fourth-order valence-electron chi connectivity index (χ4n) is 1.63. The summed E-state index contributed by atoms with van der Waals surface area (Å²) in [7, 11) is 0. The van der Waals surface area contributed by atoms with Crippen LogP contribution < -0.4 is 11.3 Å². The molecule has 72 valence electrons. The first-order valence-corrected chi connectivity index (χ1v) is 4.62. The van der Waals surface area contributed by atoms with E-state index >= 15 is 0 Å². The quantitative estimate of drug-likeness (QED) is 0.739. The fraction of sp³-hybridized carbons (Fsp3) is 0.182. The van der Waals surface area contributed by atoms with Crippen LogP contribution in [0, 0.1) is 0 Å². The van der Waals surface area contributed by atoms with Gasteiger partial charge in [-0.1, -0.05) is 12.1 Å². The Bertz CT molecular complexity index is 502. The van der Waals surface area contributed by atoms with Crippen LogP contribution in [0.1, 0.15) is 5.56 Å². The van der Waals surface area contributed by atoms with Crippen LogP contribution >= 0.6 is 0 Å². The van der Waals surface area contributed by atoms with Crippen LogP contribution in [0.3, 0.4) is 0 Å². The van der Waals surface area contributed by atoms with Gasteiger partial charge in [-0.2, -0.15) is 0 Å². The maximum atomic E-state index is 11.1. The second-order valence-corrected chi connectivity index (χ2v) is 3.24. The molecule has 0 unspecified atom stereocenters. The zero-order valence-corrected chi connectivity index (χ0v) is 7.79. The lowest BCUT2D eigenvalue weighted by molar-refractivity contribution is 0.976. The van der Waals surface area contributed by atoms with Crippen molar-refractivity contribution in [2.45, 2.75) is 6.42 Å². The number of benzene rings is 1. The van der Waals surface area contributed by atoms with Crippen LogP contribution in [0.25, 0.3) is 10.9 Å². The standard InChI is InChI=1S/C11H12N2O/c12-7-6-8-2-1-3-10-9(8)4-5-11(14)13-10/h1-5H,6-7,12H2,(H,13,14). The number of nitrogens with one attached hydrogen (secondary N) is 1. The molecule has 0 saturated carbocycles. The van der Waals surface area contributed by atoms with Crippen molar-refractivity contribution in [3.63, 3.8) is 0 Å². The number of aromatic amines is 1. The number of hydrogen-bond donors (Lipinski definition) is 2. The van der Waals surface area contributed by atoms with E-state index in [1.165, 1.54) is 5.56 Å². The third kappa shape index (κ3) is 1.54. The number of nitrogens with two attached hydrogens (primary N) is 1. The molecule has 0 aliphatic rings. The third-order valence-corrected chi connectivity index (χ3v) is 2.27. The van der Waals surface area contributed by atoms with Crippen LogP contribution in [0.15, 0.2) is 35.1 Å². The van der Waals surface area contributed by atoms with E-state index in [4.69, 9.17) is 5.73 Å². The number of aromatic nitrogens is 1. The summed E-state index contributed by atoms with van der Waals surface area (Å²) < 4.78 is 0. The third-order valence-electron chi connectivity index (χ3n) is 2.27. The molecular weight excluding hydrogens is 176 g/mol. The van der Waals surface area contributed by atoms with Crippen molar-refractivity contribution in [3.05, 3.63) is 46.2 Å². The zero-order chi connectivity index (χ0) is 9.97. The number of hydrogen-bond acceptors (Lipinski definition) is 2. The van der Waals surface area contributed by atoms with Crippen molar-refractivity contribution < 1.29 is 0 Å². The topological polar surface area (TPSA) is 58.9 Å². The predicted octanol–water partition coefficient (Wildman–Crippen LogP) is 1.03. The molecule has 0 radical (unpaired) electrons. The molecule has 0 saturated heterocycles. The lowest BCUT2D eigenvalue weighted by atomic mass is 10.1. The summed E-state index contributed by atoms with van der Waals surface area (Å²) in [5.74, 6) is 0. The summed E-state index contributed by atoms with van der Waals surface area (Å²) in [5.41, 5.74) is 7.50. The van der Waals surface area contributed by atoms with E-state index in [2.05, 4.69) is 4.98 Å². The molecule has 0 amide bonds. The van der Waals surface area contributed by atoms with Crippen LogP contribution in [0.4, 0.5) is 0 Å². The van der Waals surface area contributed by atoms with Crippen molar-refractivity contribution in [3.8, 4) is 0 Å². The molecule has 0 aliphatic carbocycles. The largest absolute Gasteiger partial charge is 0.330 e. The van der Waals surface area contributed by atoms with Gasteiger partial charge < -0.3 is 10.7 Å². The second-order valence-electron chi connectivity index (χ2n) is 3.24. The molecular formula is C11H12N2O. The summed E-state index contributed by atoms with van der Waals surface area (Å²) in [6.45, 7) is 0.623. The molecule has 0 spiro atoms.